The van der Waals surface area contributed by atoms with Crippen molar-refractivity contribution in [2.45, 2.75) is 13.3 Å². The molecule has 0 aromatic heterocycles. The Bertz CT molecular complexity index is 234. The van der Waals surface area contributed by atoms with Crippen LogP contribution in [0.4, 0.5) is 0 Å². The molecule has 3 nitrogen and oxygen atoms in total. The average molecular weight is 167 g/mol. The zero-order chi connectivity index (χ0) is 8.10. The highest BCUT2D eigenvalue weighted by atomic mass is 16.5. The third-order valence-electron chi connectivity index (χ3n) is 1.26. The van der Waals surface area contributed by atoms with Crippen LogP contribution in [0, 0.1) is 0 Å². The third kappa shape index (κ3) is 3.16. The van der Waals surface area contributed by atoms with Gasteiger partial charge in [0.25, 0.3) is 0 Å². The molecule has 0 aliphatic carbocycles. The molecule has 0 unspecified atom stereocenters. The molecule has 0 heterocycles. The molecule has 0 fully saturated rings. The van der Waals surface area contributed by atoms with Gasteiger partial charge in [0.1, 0.15) is 5.75 Å². The van der Waals surface area contributed by atoms with Crippen LogP contribution >= 0.6 is 0 Å². The Kier molecular flexibility index (Phi) is 4.72. The van der Waals surface area contributed by atoms with Crippen molar-refractivity contribution >= 4 is 5.97 Å². The largest absolute Gasteiger partial charge is 0.427 e. The van der Waals surface area contributed by atoms with Crippen LogP contribution in [0.15, 0.2) is 30.3 Å². The number of esters is 1. The molecule has 3 heteroatoms. The minimum atomic E-state index is -0.198. The van der Waals surface area contributed by atoms with Gasteiger partial charge in [-0.3, -0.25) is 4.79 Å². The van der Waals surface area contributed by atoms with E-state index < -0.39 is 0 Å². The predicted octanol–water partition coefficient (Wildman–Crippen LogP) is 2.16. The molecule has 0 bridgehead atoms. The number of para-hydroxylation sites is 1. The topological polar surface area (TPSA) is 61.3 Å². The van der Waals surface area contributed by atoms with Crippen LogP contribution < -0.4 is 10.9 Å². The van der Waals surface area contributed by atoms with Crippen molar-refractivity contribution in [1.82, 2.24) is 6.15 Å². The summed E-state index contributed by atoms with van der Waals surface area (Å²) < 4.78 is 4.92. The maximum absolute atomic E-state index is 10.8. The first-order valence-electron chi connectivity index (χ1n) is 3.58. The molecule has 66 valence electrons. The zero-order valence-corrected chi connectivity index (χ0v) is 7.12. The lowest BCUT2D eigenvalue weighted by Gasteiger charge is -1.99. The predicted molar refractivity (Wildman–Crippen MR) is 47.4 cm³/mol. The zero-order valence-electron chi connectivity index (χ0n) is 7.12. The van der Waals surface area contributed by atoms with E-state index in [9.17, 15) is 4.79 Å². The molecule has 12 heavy (non-hydrogen) atoms. The standard InChI is InChI=1S/C9H10O2.H3N/c1-2-9(10)11-8-6-4-3-5-7-8;/h3-7H,2H2,1H3;1H3. The van der Waals surface area contributed by atoms with Gasteiger partial charge in [0.2, 0.25) is 0 Å². The summed E-state index contributed by atoms with van der Waals surface area (Å²) in [6, 6.07) is 9.06. The lowest BCUT2D eigenvalue weighted by Crippen LogP contribution is -2.04. The summed E-state index contributed by atoms with van der Waals surface area (Å²) >= 11 is 0. The Balaban J connectivity index is 0.00000121. The van der Waals surface area contributed by atoms with Crippen LogP contribution in [0.3, 0.4) is 0 Å². The summed E-state index contributed by atoms with van der Waals surface area (Å²) in [7, 11) is 0. The van der Waals surface area contributed by atoms with Crippen molar-refractivity contribution in [3.05, 3.63) is 30.3 Å². The van der Waals surface area contributed by atoms with Gasteiger partial charge < -0.3 is 10.9 Å². The van der Waals surface area contributed by atoms with Crippen molar-refractivity contribution in [2.75, 3.05) is 0 Å². The van der Waals surface area contributed by atoms with Gasteiger partial charge in [0, 0.05) is 6.42 Å². The molecular formula is C9H13NO2. The number of hydrogen-bond acceptors (Lipinski definition) is 3. The summed E-state index contributed by atoms with van der Waals surface area (Å²) in [5.41, 5.74) is 0. The minimum Gasteiger partial charge on any atom is -0.427 e. The van der Waals surface area contributed by atoms with Gasteiger partial charge in [0.05, 0.1) is 0 Å². The van der Waals surface area contributed by atoms with E-state index in [1.54, 1.807) is 19.1 Å². The number of carbonyl (C=O) groups excluding carboxylic acids is 1. The Morgan fingerprint density at radius 3 is 2.42 bits per heavy atom. The van der Waals surface area contributed by atoms with E-state index in [4.69, 9.17) is 4.74 Å². The fourth-order valence-electron chi connectivity index (χ4n) is 0.692. The van der Waals surface area contributed by atoms with E-state index in [2.05, 4.69) is 0 Å². The Labute approximate surface area is 71.9 Å². The summed E-state index contributed by atoms with van der Waals surface area (Å²) in [6.45, 7) is 1.77. The highest BCUT2D eigenvalue weighted by Gasteiger charge is 1.98. The molecule has 1 aromatic rings. The maximum atomic E-state index is 10.8. The van der Waals surface area contributed by atoms with E-state index in [1.807, 2.05) is 18.2 Å². The lowest BCUT2D eigenvalue weighted by atomic mass is 10.3. The Morgan fingerprint density at radius 1 is 1.33 bits per heavy atom. The summed E-state index contributed by atoms with van der Waals surface area (Å²) in [4.78, 5) is 10.8. The van der Waals surface area contributed by atoms with Crippen LogP contribution in [0.25, 0.3) is 0 Å². The molecule has 3 N–H and O–H groups in total. The summed E-state index contributed by atoms with van der Waals surface area (Å²) in [6.07, 6.45) is 0.412. The molecule has 1 rings (SSSR count). The van der Waals surface area contributed by atoms with Crippen molar-refractivity contribution in [3.8, 4) is 5.75 Å². The second kappa shape index (κ2) is 5.32. The van der Waals surface area contributed by atoms with Gasteiger partial charge in [0.15, 0.2) is 0 Å². The molecule has 0 aliphatic heterocycles. The monoisotopic (exact) mass is 167 g/mol. The van der Waals surface area contributed by atoms with Crippen molar-refractivity contribution < 1.29 is 9.53 Å². The maximum Gasteiger partial charge on any atom is 0.310 e. The van der Waals surface area contributed by atoms with E-state index in [-0.39, 0.29) is 12.1 Å². The van der Waals surface area contributed by atoms with E-state index in [1.165, 1.54) is 0 Å². The van der Waals surface area contributed by atoms with Gasteiger partial charge in [-0.2, -0.15) is 0 Å². The van der Waals surface area contributed by atoms with Crippen LogP contribution in [0.1, 0.15) is 13.3 Å². The Hall–Kier alpha value is -1.35. The molecule has 0 atom stereocenters. The van der Waals surface area contributed by atoms with Gasteiger partial charge in [-0.1, -0.05) is 25.1 Å². The van der Waals surface area contributed by atoms with Crippen LogP contribution in [0.2, 0.25) is 0 Å². The summed E-state index contributed by atoms with van der Waals surface area (Å²) in [5.74, 6) is 0.413. The van der Waals surface area contributed by atoms with Crippen LogP contribution in [0.5, 0.6) is 5.75 Å². The van der Waals surface area contributed by atoms with Gasteiger partial charge in [-0.15, -0.1) is 0 Å². The molecule has 0 spiro atoms. The summed E-state index contributed by atoms with van der Waals surface area (Å²) in [5, 5.41) is 0. The minimum absolute atomic E-state index is 0. The SMILES string of the molecule is CCC(=O)Oc1ccccc1.N. The van der Waals surface area contributed by atoms with Crippen molar-refractivity contribution in [1.29, 1.82) is 0 Å². The molecule has 0 saturated carbocycles. The third-order valence-corrected chi connectivity index (χ3v) is 1.26. The first-order valence-corrected chi connectivity index (χ1v) is 3.58. The quantitative estimate of drug-likeness (QED) is 0.542. The van der Waals surface area contributed by atoms with Gasteiger partial charge in [-0.25, -0.2) is 0 Å². The molecule has 0 saturated heterocycles. The lowest BCUT2D eigenvalue weighted by molar-refractivity contribution is -0.134. The average Bonchev–Trinajstić information content (AvgIpc) is 2.06. The number of hydrogen-bond donors (Lipinski definition) is 1. The first kappa shape index (κ1) is 10.7. The Morgan fingerprint density at radius 2 is 1.92 bits per heavy atom. The normalized spacial score (nSPS) is 8.42. The fourth-order valence-corrected chi connectivity index (χ4v) is 0.692. The van der Waals surface area contributed by atoms with Crippen molar-refractivity contribution in [3.63, 3.8) is 0 Å². The van der Waals surface area contributed by atoms with E-state index >= 15 is 0 Å². The van der Waals surface area contributed by atoms with Gasteiger partial charge >= 0.3 is 5.97 Å². The molecular weight excluding hydrogens is 154 g/mol. The highest BCUT2D eigenvalue weighted by Crippen LogP contribution is 2.08. The number of rotatable bonds is 2. The molecule has 0 radical (unpaired) electrons. The molecule has 1 aromatic carbocycles. The van der Waals surface area contributed by atoms with Crippen LogP contribution in [-0.2, 0) is 4.79 Å². The second-order valence-corrected chi connectivity index (χ2v) is 2.14. The van der Waals surface area contributed by atoms with E-state index in [0.717, 1.165) is 0 Å². The first-order chi connectivity index (χ1) is 5.33. The number of ether oxygens (including phenoxy) is 1. The highest BCUT2D eigenvalue weighted by molar-refractivity contribution is 5.71. The molecule has 0 aliphatic rings. The second-order valence-electron chi connectivity index (χ2n) is 2.14. The fraction of sp³-hybridized carbons (Fsp3) is 0.222. The van der Waals surface area contributed by atoms with Crippen LogP contribution in [-0.4, -0.2) is 5.97 Å². The molecule has 0 amide bonds. The number of carbonyl (C=O) groups is 1. The smallest absolute Gasteiger partial charge is 0.310 e. The van der Waals surface area contributed by atoms with Gasteiger partial charge in [-0.05, 0) is 12.1 Å². The van der Waals surface area contributed by atoms with Crippen molar-refractivity contribution in [2.24, 2.45) is 0 Å². The van der Waals surface area contributed by atoms with E-state index in [0.29, 0.717) is 12.2 Å². The number of benzene rings is 1.